The van der Waals surface area contributed by atoms with Crippen molar-refractivity contribution in [1.82, 2.24) is 9.78 Å². The topological polar surface area (TPSA) is 17.8 Å². The Bertz CT molecular complexity index is 316. The summed E-state index contributed by atoms with van der Waals surface area (Å²) in [4.78, 5) is 0. The van der Waals surface area contributed by atoms with Gasteiger partial charge in [0.15, 0.2) is 5.69 Å². The molecule has 1 rings (SSSR count). The molecule has 0 atom stereocenters. The van der Waals surface area contributed by atoms with Crippen molar-refractivity contribution in [3.05, 3.63) is 16.4 Å². The van der Waals surface area contributed by atoms with E-state index in [4.69, 9.17) is 11.6 Å². The van der Waals surface area contributed by atoms with Gasteiger partial charge in [-0.15, -0.1) is 0 Å². The van der Waals surface area contributed by atoms with E-state index in [0.29, 0.717) is 12.2 Å². The van der Waals surface area contributed by atoms with Crippen LogP contribution in [0.5, 0.6) is 0 Å². The quantitative estimate of drug-likeness (QED) is 0.700. The average molecular weight is 213 g/mol. The first kappa shape index (κ1) is 10.4. The molecule has 0 saturated carbocycles. The molecule has 1 heterocycles. The van der Waals surface area contributed by atoms with E-state index >= 15 is 0 Å². The van der Waals surface area contributed by atoms with E-state index in [1.807, 2.05) is 0 Å². The van der Waals surface area contributed by atoms with Crippen LogP contribution >= 0.6 is 11.6 Å². The summed E-state index contributed by atoms with van der Waals surface area (Å²) >= 11 is 5.47. The van der Waals surface area contributed by atoms with Crippen molar-refractivity contribution in [1.29, 1.82) is 0 Å². The molecule has 0 radical (unpaired) electrons. The van der Waals surface area contributed by atoms with Gasteiger partial charge in [0.1, 0.15) is 0 Å². The maximum atomic E-state index is 12.2. The molecular weight excluding hydrogens is 205 g/mol. The number of rotatable bonds is 1. The number of aromatic nitrogens is 2. The van der Waals surface area contributed by atoms with Crippen molar-refractivity contribution in [2.24, 2.45) is 0 Å². The van der Waals surface area contributed by atoms with Crippen LogP contribution in [0.4, 0.5) is 13.2 Å². The van der Waals surface area contributed by atoms with E-state index in [2.05, 4.69) is 5.10 Å². The Morgan fingerprint density at radius 1 is 1.46 bits per heavy atom. The standard InChI is InChI=1S/C7H8ClF3N2/c1-3-13-4(2)5(8)6(12-13)7(9,10)11/h3H2,1-2H3. The molecule has 0 unspecified atom stereocenters. The van der Waals surface area contributed by atoms with Crippen LogP contribution in [0.25, 0.3) is 0 Å². The van der Waals surface area contributed by atoms with Gasteiger partial charge in [-0.05, 0) is 13.8 Å². The Hall–Kier alpha value is -0.710. The van der Waals surface area contributed by atoms with Gasteiger partial charge in [0.25, 0.3) is 0 Å². The van der Waals surface area contributed by atoms with Crippen LogP contribution in [0, 0.1) is 6.92 Å². The maximum absolute atomic E-state index is 12.2. The molecule has 0 aliphatic carbocycles. The molecule has 0 aromatic carbocycles. The third kappa shape index (κ3) is 1.80. The van der Waals surface area contributed by atoms with Crippen molar-refractivity contribution in [3.8, 4) is 0 Å². The van der Waals surface area contributed by atoms with Gasteiger partial charge >= 0.3 is 6.18 Å². The molecule has 1 aromatic rings. The number of alkyl halides is 3. The Morgan fingerprint density at radius 3 is 2.23 bits per heavy atom. The van der Waals surface area contributed by atoms with E-state index in [-0.39, 0.29) is 5.02 Å². The lowest BCUT2D eigenvalue weighted by Gasteiger charge is -2.01. The zero-order chi connectivity index (χ0) is 10.2. The molecule has 2 nitrogen and oxygen atoms in total. The molecule has 1 aromatic heterocycles. The number of nitrogens with zero attached hydrogens (tertiary/aromatic N) is 2. The summed E-state index contributed by atoms with van der Waals surface area (Å²) in [6.45, 7) is 3.59. The van der Waals surface area contributed by atoms with Crippen molar-refractivity contribution in [2.45, 2.75) is 26.6 Å². The molecule has 0 fully saturated rings. The fourth-order valence-corrected chi connectivity index (χ4v) is 1.26. The minimum atomic E-state index is -4.47. The van der Waals surface area contributed by atoms with Crippen LogP contribution in [-0.4, -0.2) is 9.78 Å². The molecular formula is C7H8ClF3N2. The lowest BCUT2D eigenvalue weighted by atomic mass is 10.3. The van der Waals surface area contributed by atoms with Crippen molar-refractivity contribution in [3.63, 3.8) is 0 Å². The minimum Gasteiger partial charge on any atom is -0.268 e. The van der Waals surface area contributed by atoms with Crippen molar-refractivity contribution >= 4 is 11.6 Å². The maximum Gasteiger partial charge on any atom is 0.436 e. The predicted molar refractivity (Wildman–Crippen MR) is 42.7 cm³/mol. The van der Waals surface area contributed by atoms with Crippen molar-refractivity contribution < 1.29 is 13.2 Å². The van der Waals surface area contributed by atoms with E-state index < -0.39 is 11.9 Å². The summed E-state index contributed by atoms with van der Waals surface area (Å²) in [6.07, 6.45) is -4.47. The third-order valence-electron chi connectivity index (χ3n) is 1.70. The molecule has 0 amide bonds. The molecule has 0 aliphatic rings. The second kappa shape index (κ2) is 3.21. The molecule has 0 aliphatic heterocycles. The van der Waals surface area contributed by atoms with E-state index in [9.17, 15) is 13.2 Å². The molecule has 0 saturated heterocycles. The summed E-state index contributed by atoms with van der Waals surface area (Å²) in [6, 6.07) is 0. The summed E-state index contributed by atoms with van der Waals surface area (Å²) in [7, 11) is 0. The zero-order valence-corrected chi connectivity index (χ0v) is 7.87. The third-order valence-corrected chi connectivity index (χ3v) is 2.15. The van der Waals surface area contributed by atoms with Gasteiger partial charge < -0.3 is 0 Å². The fourth-order valence-electron chi connectivity index (χ4n) is 1.01. The average Bonchev–Trinajstić information content (AvgIpc) is 2.28. The van der Waals surface area contributed by atoms with Crippen LogP contribution in [0.1, 0.15) is 18.3 Å². The second-order valence-electron chi connectivity index (χ2n) is 2.56. The number of hydrogen-bond acceptors (Lipinski definition) is 1. The zero-order valence-electron chi connectivity index (χ0n) is 7.11. The van der Waals surface area contributed by atoms with Crippen LogP contribution in [0.15, 0.2) is 0 Å². The second-order valence-corrected chi connectivity index (χ2v) is 2.94. The largest absolute Gasteiger partial charge is 0.436 e. The molecule has 6 heteroatoms. The van der Waals surface area contributed by atoms with E-state index in [0.717, 1.165) is 0 Å². The van der Waals surface area contributed by atoms with Gasteiger partial charge in [-0.25, -0.2) is 0 Å². The van der Waals surface area contributed by atoms with Gasteiger partial charge in [-0.2, -0.15) is 18.3 Å². The number of aryl methyl sites for hydroxylation is 1. The highest BCUT2D eigenvalue weighted by Gasteiger charge is 2.37. The van der Waals surface area contributed by atoms with Gasteiger partial charge in [0.2, 0.25) is 0 Å². The fraction of sp³-hybridized carbons (Fsp3) is 0.571. The summed E-state index contributed by atoms with van der Waals surface area (Å²) < 4.78 is 37.9. The summed E-state index contributed by atoms with van der Waals surface area (Å²) in [5.74, 6) is 0. The smallest absolute Gasteiger partial charge is 0.268 e. The van der Waals surface area contributed by atoms with Crippen LogP contribution in [-0.2, 0) is 12.7 Å². The van der Waals surface area contributed by atoms with Crippen LogP contribution in [0.2, 0.25) is 5.02 Å². The number of halogens is 4. The highest BCUT2D eigenvalue weighted by atomic mass is 35.5. The molecule has 0 N–H and O–H groups in total. The lowest BCUT2D eigenvalue weighted by molar-refractivity contribution is -0.141. The highest BCUT2D eigenvalue weighted by Crippen LogP contribution is 2.35. The highest BCUT2D eigenvalue weighted by molar-refractivity contribution is 6.31. The van der Waals surface area contributed by atoms with Gasteiger partial charge in [-0.3, -0.25) is 4.68 Å². The Morgan fingerprint density at radius 2 is 2.00 bits per heavy atom. The van der Waals surface area contributed by atoms with Gasteiger partial charge in [-0.1, -0.05) is 11.6 Å². The molecule has 0 spiro atoms. The summed E-state index contributed by atoms with van der Waals surface area (Å²) in [5, 5.41) is 3.05. The summed E-state index contributed by atoms with van der Waals surface area (Å²) in [5.41, 5.74) is -0.662. The Kier molecular flexibility index (Phi) is 2.56. The monoisotopic (exact) mass is 212 g/mol. The van der Waals surface area contributed by atoms with Gasteiger partial charge in [0, 0.05) is 6.54 Å². The SMILES string of the molecule is CCn1nc(C(F)(F)F)c(Cl)c1C. The normalized spacial score (nSPS) is 12.2. The Balaban J connectivity index is 3.25. The lowest BCUT2D eigenvalue weighted by Crippen LogP contribution is -2.08. The molecule has 74 valence electrons. The predicted octanol–water partition coefficient (Wildman–Crippen LogP) is 2.88. The molecule has 0 bridgehead atoms. The first-order chi connectivity index (χ1) is 5.88. The van der Waals surface area contributed by atoms with Crippen molar-refractivity contribution in [2.75, 3.05) is 0 Å². The number of hydrogen-bond donors (Lipinski definition) is 0. The van der Waals surface area contributed by atoms with E-state index in [1.165, 1.54) is 11.6 Å². The van der Waals surface area contributed by atoms with Crippen LogP contribution < -0.4 is 0 Å². The first-order valence-corrected chi connectivity index (χ1v) is 4.05. The Labute approximate surface area is 78.3 Å². The first-order valence-electron chi connectivity index (χ1n) is 3.68. The molecule has 13 heavy (non-hydrogen) atoms. The van der Waals surface area contributed by atoms with Gasteiger partial charge in [0.05, 0.1) is 10.7 Å². The van der Waals surface area contributed by atoms with Crippen LogP contribution in [0.3, 0.4) is 0 Å². The van der Waals surface area contributed by atoms with E-state index in [1.54, 1.807) is 6.92 Å². The minimum absolute atomic E-state index is 0.311.